The van der Waals surface area contributed by atoms with Crippen molar-refractivity contribution in [2.75, 3.05) is 6.61 Å². The van der Waals surface area contributed by atoms with Crippen molar-refractivity contribution in [3.8, 4) is 0 Å². The number of aromatic nitrogens is 3. The van der Waals surface area contributed by atoms with Gasteiger partial charge in [-0.05, 0) is 19.9 Å². The van der Waals surface area contributed by atoms with Crippen molar-refractivity contribution < 1.29 is 34.0 Å². The zero-order valence-electron chi connectivity index (χ0n) is 14.7. The van der Waals surface area contributed by atoms with Crippen LogP contribution < -0.4 is 5.69 Å². The van der Waals surface area contributed by atoms with E-state index in [0.717, 1.165) is 17.2 Å². The first-order chi connectivity index (χ1) is 12.6. The first-order valence-electron chi connectivity index (χ1n) is 8.35. The van der Waals surface area contributed by atoms with Crippen molar-refractivity contribution in [2.45, 2.75) is 50.7 Å². The molecule has 27 heavy (non-hydrogen) atoms. The highest BCUT2D eigenvalue weighted by Gasteiger charge is 2.44. The van der Waals surface area contributed by atoms with Gasteiger partial charge in [0, 0.05) is 23.7 Å². The van der Waals surface area contributed by atoms with Crippen LogP contribution in [0.1, 0.15) is 25.3 Å². The quantitative estimate of drug-likeness (QED) is 0.403. The number of ether oxygens (including phenoxy) is 1. The van der Waals surface area contributed by atoms with Gasteiger partial charge in [-0.25, -0.2) is 4.79 Å². The van der Waals surface area contributed by atoms with Crippen molar-refractivity contribution in [3.63, 3.8) is 0 Å². The molecule has 1 fully saturated rings. The molecule has 12 heteroatoms. The Balaban J connectivity index is 1.74. The number of H-pyrrole nitrogens is 1. The first kappa shape index (κ1) is 20.2. The van der Waals surface area contributed by atoms with E-state index in [-0.39, 0.29) is 13.0 Å². The maximum Gasteiger partial charge on any atom is 0.356 e. The Bertz CT molecular complexity index is 925. The molecule has 1 saturated heterocycles. The van der Waals surface area contributed by atoms with Crippen LogP contribution in [0.5, 0.6) is 0 Å². The normalized spacial score (nSPS) is 29.1. The standard InChI is InChI=1S/C15H22N3O8P/c1-7-5-9-6-18(15(22)17-13(9)16-7)14-12(21)11(20)10(26-14)3-4-25-27(23,24)8(2)19/h5-6,8,10-12,14,19-21H,3-4H2,1-2H3,(H,23,24)(H,16,17,22)/t8?,10-,11-,12-,14?/m1/s1. The number of aromatic amines is 1. The summed E-state index contributed by atoms with van der Waals surface area (Å²) in [5.41, 5.74) is 0.555. The Labute approximate surface area is 153 Å². The van der Waals surface area contributed by atoms with Crippen molar-refractivity contribution in [1.29, 1.82) is 0 Å². The summed E-state index contributed by atoms with van der Waals surface area (Å²) in [4.78, 5) is 28.5. The summed E-state index contributed by atoms with van der Waals surface area (Å²) in [6, 6.07) is 1.77. The molecule has 3 rings (SSSR count). The molecule has 150 valence electrons. The van der Waals surface area contributed by atoms with Gasteiger partial charge < -0.3 is 34.5 Å². The second-order valence-electron chi connectivity index (χ2n) is 6.55. The molecule has 0 aromatic carbocycles. The van der Waals surface area contributed by atoms with Crippen LogP contribution in [-0.4, -0.2) is 65.5 Å². The van der Waals surface area contributed by atoms with E-state index in [9.17, 15) is 24.5 Å². The smallest absolute Gasteiger partial charge is 0.356 e. The second kappa shape index (κ2) is 7.44. The first-order valence-corrected chi connectivity index (χ1v) is 10.00. The van der Waals surface area contributed by atoms with Gasteiger partial charge in [0.1, 0.15) is 17.9 Å². The van der Waals surface area contributed by atoms with Gasteiger partial charge in [-0.3, -0.25) is 9.13 Å². The maximum absolute atomic E-state index is 12.2. The van der Waals surface area contributed by atoms with Crippen molar-refractivity contribution >= 4 is 18.6 Å². The Morgan fingerprint density at radius 3 is 2.81 bits per heavy atom. The molecule has 0 spiro atoms. The molecule has 0 bridgehead atoms. The molecule has 1 aliphatic heterocycles. The molecule has 0 aliphatic carbocycles. The highest BCUT2D eigenvalue weighted by molar-refractivity contribution is 7.53. The Hall–Kier alpha value is -1.59. The summed E-state index contributed by atoms with van der Waals surface area (Å²) in [5.74, 6) is -1.55. The monoisotopic (exact) mass is 403 g/mol. The third kappa shape index (κ3) is 3.99. The third-order valence-electron chi connectivity index (χ3n) is 4.43. The lowest BCUT2D eigenvalue weighted by Crippen LogP contribution is -2.35. The molecule has 3 heterocycles. The molecule has 6 atom stereocenters. The highest BCUT2D eigenvalue weighted by atomic mass is 31.2. The topological polar surface area (TPSA) is 167 Å². The molecule has 2 aromatic rings. The highest BCUT2D eigenvalue weighted by Crippen LogP contribution is 2.46. The van der Waals surface area contributed by atoms with E-state index in [0.29, 0.717) is 11.0 Å². The van der Waals surface area contributed by atoms with Crippen LogP contribution in [0.4, 0.5) is 0 Å². The molecule has 0 radical (unpaired) electrons. The molecule has 2 aromatic heterocycles. The summed E-state index contributed by atoms with van der Waals surface area (Å²) in [6.07, 6.45) is -3.39. The van der Waals surface area contributed by atoms with Gasteiger partial charge >= 0.3 is 13.3 Å². The zero-order valence-corrected chi connectivity index (χ0v) is 15.6. The van der Waals surface area contributed by atoms with Crippen molar-refractivity contribution in [2.24, 2.45) is 0 Å². The van der Waals surface area contributed by atoms with E-state index < -0.39 is 43.7 Å². The van der Waals surface area contributed by atoms with Gasteiger partial charge in [-0.15, -0.1) is 0 Å². The lowest BCUT2D eigenvalue weighted by atomic mass is 10.1. The minimum atomic E-state index is -4.18. The zero-order chi connectivity index (χ0) is 19.9. The Morgan fingerprint density at radius 1 is 1.44 bits per heavy atom. The van der Waals surface area contributed by atoms with Gasteiger partial charge in [0.15, 0.2) is 12.1 Å². The van der Waals surface area contributed by atoms with Gasteiger partial charge in [-0.1, -0.05) is 0 Å². The van der Waals surface area contributed by atoms with Crippen LogP contribution in [0.3, 0.4) is 0 Å². The van der Waals surface area contributed by atoms with Crippen LogP contribution in [-0.2, 0) is 13.8 Å². The number of aliphatic hydroxyl groups excluding tert-OH is 3. The largest absolute Gasteiger partial charge is 0.388 e. The summed E-state index contributed by atoms with van der Waals surface area (Å²) in [6.45, 7) is 2.65. The molecular formula is C15H22N3O8P. The second-order valence-corrected chi connectivity index (χ2v) is 8.69. The third-order valence-corrected chi connectivity index (χ3v) is 5.93. The maximum atomic E-state index is 12.2. The van der Waals surface area contributed by atoms with Crippen LogP contribution in [0.2, 0.25) is 0 Å². The average Bonchev–Trinajstić information content (AvgIpc) is 3.07. The number of hydrogen-bond donors (Lipinski definition) is 5. The lowest BCUT2D eigenvalue weighted by molar-refractivity contribution is -0.0444. The summed E-state index contributed by atoms with van der Waals surface area (Å²) in [5, 5.41) is 30.3. The number of nitrogens with zero attached hydrogens (tertiary/aromatic N) is 2. The molecule has 0 amide bonds. The fraction of sp³-hybridized carbons (Fsp3) is 0.600. The molecule has 3 unspecified atom stereocenters. The van der Waals surface area contributed by atoms with E-state index in [1.54, 1.807) is 6.07 Å². The molecule has 5 N–H and O–H groups in total. The summed E-state index contributed by atoms with van der Waals surface area (Å²) < 4.78 is 23.0. The van der Waals surface area contributed by atoms with Gasteiger partial charge in [0.05, 0.1) is 12.7 Å². The SMILES string of the molecule is Cc1cc2cn(C3O[C@H](CCOP(=O)(O)C(C)O)[C@@H](O)[C@H]3O)c(=O)nc2[nH]1. The fourth-order valence-electron chi connectivity index (χ4n) is 2.93. The van der Waals surface area contributed by atoms with Gasteiger partial charge in [0.2, 0.25) is 0 Å². The summed E-state index contributed by atoms with van der Waals surface area (Å²) >= 11 is 0. The number of rotatable bonds is 6. The van der Waals surface area contributed by atoms with Crippen LogP contribution >= 0.6 is 7.60 Å². The Kier molecular flexibility index (Phi) is 5.55. The van der Waals surface area contributed by atoms with Crippen molar-refractivity contribution in [1.82, 2.24) is 14.5 Å². The number of aryl methyl sites for hydroxylation is 1. The minimum Gasteiger partial charge on any atom is -0.388 e. The molecule has 11 nitrogen and oxygen atoms in total. The number of hydrogen-bond acceptors (Lipinski definition) is 8. The predicted molar refractivity (Wildman–Crippen MR) is 93.1 cm³/mol. The fourth-order valence-corrected chi connectivity index (χ4v) is 3.52. The minimum absolute atomic E-state index is 0.0281. The van der Waals surface area contributed by atoms with E-state index >= 15 is 0 Å². The number of fused-ring (bicyclic) bond motifs is 1. The van der Waals surface area contributed by atoms with E-state index in [4.69, 9.17) is 14.4 Å². The van der Waals surface area contributed by atoms with E-state index in [2.05, 4.69) is 9.97 Å². The van der Waals surface area contributed by atoms with Gasteiger partial charge in [-0.2, -0.15) is 4.98 Å². The predicted octanol–water partition coefficient (Wildman–Crippen LogP) is -0.417. The Morgan fingerprint density at radius 2 is 2.15 bits per heavy atom. The van der Waals surface area contributed by atoms with Gasteiger partial charge in [0.25, 0.3) is 0 Å². The molecule has 0 saturated carbocycles. The van der Waals surface area contributed by atoms with Crippen LogP contribution in [0.25, 0.3) is 11.0 Å². The van der Waals surface area contributed by atoms with Crippen molar-refractivity contribution in [3.05, 3.63) is 28.4 Å². The number of nitrogens with one attached hydrogen (secondary N) is 1. The summed E-state index contributed by atoms with van der Waals surface area (Å²) in [7, 11) is -4.18. The number of aliphatic hydroxyl groups is 3. The van der Waals surface area contributed by atoms with Crippen LogP contribution in [0, 0.1) is 6.92 Å². The van der Waals surface area contributed by atoms with E-state index in [1.165, 1.54) is 6.20 Å². The van der Waals surface area contributed by atoms with E-state index in [1.807, 2.05) is 6.92 Å². The molecular weight excluding hydrogens is 381 g/mol. The molecule has 1 aliphatic rings. The lowest BCUT2D eigenvalue weighted by Gasteiger charge is -2.18. The van der Waals surface area contributed by atoms with Crippen LogP contribution in [0.15, 0.2) is 17.1 Å². The average molecular weight is 403 g/mol.